The Morgan fingerprint density at radius 1 is 1.35 bits per heavy atom. The number of ether oxygens (including phenoxy) is 2. The normalized spacial score (nSPS) is 11.7. The Labute approximate surface area is 138 Å². The van der Waals surface area contributed by atoms with E-state index in [-0.39, 0.29) is 18.4 Å². The predicted octanol–water partition coefficient (Wildman–Crippen LogP) is 1.80. The third-order valence-corrected chi connectivity index (χ3v) is 3.50. The highest BCUT2D eigenvalue weighted by Crippen LogP contribution is 2.27. The van der Waals surface area contributed by atoms with Gasteiger partial charge in [-0.3, -0.25) is 9.69 Å². The third-order valence-electron chi connectivity index (χ3n) is 3.50. The summed E-state index contributed by atoms with van der Waals surface area (Å²) in [5.41, 5.74) is 0.935. The summed E-state index contributed by atoms with van der Waals surface area (Å²) in [6.07, 6.45) is 0. The first-order chi connectivity index (χ1) is 11.0. The second-order valence-corrected chi connectivity index (χ2v) is 5.32. The molecule has 23 heavy (non-hydrogen) atoms. The molecule has 0 bridgehead atoms. The fourth-order valence-electron chi connectivity index (χ4n) is 2.18. The molecule has 126 valence electrons. The minimum absolute atomic E-state index is 0.0632. The molecule has 1 N–H and O–H groups in total. The molecule has 1 amide bonds. The van der Waals surface area contributed by atoms with E-state index >= 15 is 0 Å². The summed E-state index contributed by atoms with van der Waals surface area (Å²) >= 11 is 0. The van der Waals surface area contributed by atoms with Crippen LogP contribution in [0.25, 0.3) is 0 Å². The van der Waals surface area contributed by atoms with Crippen molar-refractivity contribution in [2.45, 2.75) is 20.4 Å². The zero-order chi connectivity index (χ0) is 17.2. The summed E-state index contributed by atoms with van der Waals surface area (Å²) in [5, 5.41) is 11.7. The van der Waals surface area contributed by atoms with Gasteiger partial charge in [0.25, 0.3) is 0 Å². The summed E-state index contributed by atoms with van der Waals surface area (Å²) < 4.78 is 10.4. The van der Waals surface area contributed by atoms with Crippen LogP contribution >= 0.6 is 0 Å². The van der Waals surface area contributed by atoms with E-state index in [0.717, 1.165) is 12.1 Å². The Kier molecular flexibility index (Phi) is 7.92. The van der Waals surface area contributed by atoms with Gasteiger partial charge >= 0.3 is 0 Å². The number of methoxy groups -OCH3 is 2. The molecule has 0 saturated carbocycles. The van der Waals surface area contributed by atoms with Gasteiger partial charge in [-0.15, -0.1) is 0 Å². The first kappa shape index (κ1) is 18.8. The van der Waals surface area contributed by atoms with E-state index in [1.807, 2.05) is 36.9 Å². The molecule has 0 saturated heterocycles. The topological polar surface area (TPSA) is 74.6 Å². The number of amides is 1. The molecule has 0 radical (unpaired) electrons. The van der Waals surface area contributed by atoms with Gasteiger partial charge in [0.2, 0.25) is 5.91 Å². The van der Waals surface area contributed by atoms with Gasteiger partial charge in [0.05, 0.1) is 32.8 Å². The predicted molar refractivity (Wildman–Crippen MR) is 88.3 cm³/mol. The fourth-order valence-corrected chi connectivity index (χ4v) is 2.18. The van der Waals surface area contributed by atoms with E-state index in [4.69, 9.17) is 14.7 Å². The van der Waals surface area contributed by atoms with E-state index in [1.54, 1.807) is 14.2 Å². The maximum absolute atomic E-state index is 12.0. The summed E-state index contributed by atoms with van der Waals surface area (Å²) in [6, 6.07) is 7.73. The lowest BCUT2D eigenvalue weighted by Gasteiger charge is -2.20. The van der Waals surface area contributed by atoms with Crippen molar-refractivity contribution in [1.29, 1.82) is 5.26 Å². The average Bonchev–Trinajstić information content (AvgIpc) is 2.58. The Balaban J connectivity index is 2.54. The monoisotopic (exact) mass is 319 g/mol. The lowest BCUT2D eigenvalue weighted by Crippen LogP contribution is -2.38. The minimum Gasteiger partial charge on any atom is -0.493 e. The number of nitriles is 1. The van der Waals surface area contributed by atoms with E-state index in [1.165, 1.54) is 0 Å². The molecule has 6 heteroatoms. The van der Waals surface area contributed by atoms with Crippen molar-refractivity contribution < 1.29 is 14.3 Å². The smallest absolute Gasteiger partial charge is 0.234 e. The van der Waals surface area contributed by atoms with E-state index < -0.39 is 0 Å². The van der Waals surface area contributed by atoms with Crippen LogP contribution < -0.4 is 14.8 Å². The molecule has 1 rings (SSSR count). The van der Waals surface area contributed by atoms with Gasteiger partial charge in [-0.2, -0.15) is 5.26 Å². The van der Waals surface area contributed by atoms with Crippen molar-refractivity contribution in [2.75, 3.05) is 33.9 Å². The van der Waals surface area contributed by atoms with Gasteiger partial charge in [0, 0.05) is 13.1 Å². The van der Waals surface area contributed by atoms with E-state index in [9.17, 15) is 4.79 Å². The number of carbonyl (C=O) groups is 1. The van der Waals surface area contributed by atoms with Crippen LogP contribution in [0.15, 0.2) is 18.2 Å². The molecule has 1 atom stereocenters. The van der Waals surface area contributed by atoms with Crippen molar-refractivity contribution in [3.8, 4) is 17.6 Å². The van der Waals surface area contributed by atoms with Crippen molar-refractivity contribution in [2.24, 2.45) is 5.92 Å². The molecule has 0 heterocycles. The van der Waals surface area contributed by atoms with Gasteiger partial charge < -0.3 is 14.8 Å². The number of hydrogen-bond acceptors (Lipinski definition) is 5. The summed E-state index contributed by atoms with van der Waals surface area (Å²) in [6.45, 7) is 5.86. The SMILES string of the molecule is CCN(CC(=O)NCc1ccc(OC)c(OC)c1)CC(C)C#N. The Hall–Kier alpha value is -2.26. The van der Waals surface area contributed by atoms with Crippen LogP contribution in [0.2, 0.25) is 0 Å². The van der Waals surface area contributed by atoms with Crippen molar-refractivity contribution in [3.63, 3.8) is 0 Å². The van der Waals surface area contributed by atoms with Crippen molar-refractivity contribution in [3.05, 3.63) is 23.8 Å². The Morgan fingerprint density at radius 2 is 2.04 bits per heavy atom. The summed E-state index contributed by atoms with van der Waals surface area (Å²) in [7, 11) is 3.16. The van der Waals surface area contributed by atoms with E-state index in [2.05, 4.69) is 11.4 Å². The summed E-state index contributed by atoms with van der Waals surface area (Å²) in [4.78, 5) is 14.0. The highest BCUT2D eigenvalue weighted by molar-refractivity contribution is 5.78. The maximum atomic E-state index is 12.0. The Morgan fingerprint density at radius 3 is 2.61 bits per heavy atom. The number of nitrogens with one attached hydrogen (secondary N) is 1. The number of hydrogen-bond donors (Lipinski definition) is 1. The fraction of sp³-hybridized carbons (Fsp3) is 0.529. The minimum atomic E-state index is -0.0893. The van der Waals surface area contributed by atoms with Gasteiger partial charge in [-0.1, -0.05) is 13.0 Å². The molecule has 0 aliphatic rings. The van der Waals surface area contributed by atoms with Crippen LogP contribution in [-0.4, -0.2) is 44.7 Å². The molecular weight excluding hydrogens is 294 g/mol. The van der Waals surface area contributed by atoms with Crippen LogP contribution in [-0.2, 0) is 11.3 Å². The van der Waals surface area contributed by atoms with Crippen molar-refractivity contribution in [1.82, 2.24) is 10.2 Å². The molecule has 6 nitrogen and oxygen atoms in total. The molecule has 0 aromatic heterocycles. The van der Waals surface area contributed by atoms with Crippen LogP contribution in [0.5, 0.6) is 11.5 Å². The molecule has 1 aromatic carbocycles. The molecule has 0 fully saturated rings. The van der Waals surface area contributed by atoms with Crippen LogP contribution in [0.3, 0.4) is 0 Å². The zero-order valence-electron chi connectivity index (χ0n) is 14.3. The quantitative estimate of drug-likeness (QED) is 0.751. The average molecular weight is 319 g/mol. The highest BCUT2D eigenvalue weighted by atomic mass is 16.5. The van der Waals surface area contributed by atoms with Crippen LogP contribution in [0, 0.1) is 17.2 Å². The van der Waals surface area contributed by atoms with Gasteiger partial charge in [-0.25, -0.2) is 0 Å². The molecule has 0 spiro atoms. The number of benzene rings is 1. The number of nitrogens with zero attached hydrogens (tertiary/aromatic N) is 2. The summed E-state index contributed by atoms with van der Waals surface area (Å²) in [5.74, 6) is 1.14. The third kappa shape index (κ3) is 6.17. The van der Waals surface area contributed by atoms with Crippen molar-refractivity contribution >= 4 is 5.91 Å². The molecule has 1 unspecified atom stereocenters. The van der Waals surface area contributed by atoms with Gasteiger partial charge in [0.15, 0.2) is 11.5 Å². The molecule has 0 aliphatic heterocycles. The maximum Gasteiger partial charge on any atom is 0.234 e. The molecular formula is C17H25N3O3. The second kappa shape index (κ2) is 9.70. The second-order valence-electron chi connectivity index (χ2n) is 5.32. The van der Waals surface area contributed by atoms with Gasteiger partial charge in [-0.05, 0) is 31.2 Å². The lowest BCUT2D eigenvalue weighted by atomic mass is 10.2. The first-order valence-corrected chi connectivity index (χ1v) is 7.63. The standard InChI is InChI=1S/C17H25N3O3/c1-5-20(11-13(2)9-18)12-17(21)19-10-14-6-7-15(22-3)16(8-14)23-4/h6-8,13H,5,10-12H2,1-4H3,(H,19,21). The highest BCUT2D eigenvalue weighted by Gasteiger charge is 2.12. The largest absolute Gasteiger partial charge is 0.493 e. The van der Waals surface area contributed by atoms with Crippen LogP contribution in [0.1, 0.15) is 19.4 Å². The molecule has 0 aliphatic carbocycles. The first-order valence-electron chi connectivity index (χ1n) is 7.63. The number of carbonyl (C=O) groups excluding carboxylic acids is 1. The van der Waals surface area contributed by atoms with Gasteiger partial charge in [0.1, 0.15) is 0 Å². The molecule has 1 aromatic rings. The number of likely N-dealkylation sites (N-methyl/N-ethyl adjacent to an activating group) is 1. The van der Waals surface area contributed by atoms with Crippen LogP contribution in [0.4, 0.5) is 0 Å². The van der Waals surface area contributed by atoms with E-state index in [0.29, 0.717) is 24.6 Å². The zero-order valence-corrected chi connectivity index (χ0v) is 14.3. The Bertz CT molecular complexity index is 555. The number of rotatable bonds is 9. The lowest BCUT2D eigenvalue weighted by molar-refractivity contribution is -0.122.